The summed E-state index contributed by atoms with van der Waals surface area (Å²) in [6.07, 6.45) is 3.85. The number of halogens is 1. The SMILES string of the molecule is CCCNCC1CCCOC1c1ccc(Cl)s1. The van der Waals surface area contributed by atoms with Crippen molar-refractivity contribution in [1.29, 1.82) is 0 Å². The Labute approximate surface area is 112 Å². The van der Waals surface area contributed by atoms with Crippen molar-refractivity contribution in [3.05, 3.63) is 21.3 Å². The van der Waals surface area contributed by atoms with Gasteiger partial charge in [-0.15, -0.1) is 11.3 Å². The Hall–Kier alpha value is -0.0900. The molecular weight excluding hydrogens is 254 g/mol. The van der Waals surface area contributed by atoms with Gasteiger partial charge in [0.25, 0.3) is 0 Å². The average molecular weight is 274 g/mol. The maximum Gasteiger partial charge on any atom is 0.0957 e. The van der Waals surface area contributed by atoms with E-state index in [1.165, 1.54) is 24.1 Å². The molecule has 0 saturated carbocycles. The lowest BCUT2D eigenvalue weighted by Gasteiger charge is -2.31. The smallest absolute Gasteiger partial charge is 0.0957 e. The number of hydrogen-bond acceptors (Lipinski definition) is 3. The van der Waals surface area contributed by atoms with Gasteiger partial charge >= 0.3 is 0 Å². The molecule has 0 spiro atoms. The second-order valence-electron chi connectivity index (χ2n) is 4.54. The lowest BCUT2D eigenvalue weighted by atomic mass is 9.93. The fourth-order valence-corrected chi connectivity index (χ4v) is 3.52. The van der Waals surface area contributed by atoms with Gasteiger partial charge in [0.2, 0.25) is 0 Å². The van der Waals surface area contributed by atoms with Gasteiger partial charge < -0.3 is 10.1 Å². The molecule has 0 radical (unpaired) electrons. The molecule has 0 bridgehead atoms. The van der Waals surface area contributed by atoms with Crippen LogP contribution in [0.5, 0.6) is 0 Å². The monoisotopic (exact) mass is 273 g/mol. The van der Waals surface area contributed by atoms with Gasteiger partial charge in [0.15, 0.2) is 0 Å². The molecule has 17 heavy (non-hydrogen) atoms. The molecule has 2 unspecified atom stereocenters. The molecule has 1 aromatic heterocycles. The van der Waals surface area contributed by atoms with Crippen LogP contribution >= 0.6 is 22.9 Å². The Morgan fingerprint density at radius 2 is 2.41 bits per heavy atom. The summed E-state index contributed by atoms with van der Waals surface area (Å²) in [7, 11) is 0. The molecule has 4 heteroatoms. The molecule has 1 aliphatic heterocycles. The lowest BCUT2D eigenvalue weighted by molar-refractivity contribution is -0.0255. The molecule has 2 heterocycles. The van der Waals surface area contributed by atoms with Crippen molar-refractivity contribution in [1.82, 2.24) is 5.32 Å². The fraction of sp³-hybridized carbons (Fsp3) is 0.692. The Morgan fingerprint density at radius 1 is 1.53 bits per heavy atom. The highest BCUT2D eigenvalue weighted by atomic mass is 35.5. The zero-order valence-corrected chi connectivity index (χ0v) is 11.8. The number of ether oxygens (including phenoxy) is 1. The van der Waals surface area contributed by atoms with Crippen molar-refractivity contribution in [2.24, 2.45) is 5.92 Å². The van der Waals surface area contributed by atoms with E-state index in [4.69, 9.17) is 16.3 Å². The lowest BCUT2D eigenvalue weighted by Crippen LogP contribution is -2.31. The van der Waals surface area contributed by atoms with E-state index >= 15 is 0 Å². The summed E-state index contributed by atoms with van der Waals surface area (Å²) in [5.41, 5.74) is 0. The van der Waals surface area contributed by atoms with Crippen molar-refractivity contribution in [2.45, 2.75) is 32.3 Å². The van der Waals surface area contributed by atoms with Gasteiger partial charge in [-0.25, -0.2) is 0 Å². The van der Waals surface area contributed by atoms with Gasteiger partial charge in [-0.3, -0.25) is 0 Å². The van der Waals surface area contributed by atoms with Gasteiger partial charge in [-0.2, -0.15) is 0 Å². The minimum atomic E-state index is 0.241. The molecule has 0 aliphatic carbocycles. The molecule has 1 fully saturated rings. The second-order valence-corrected chi connectivity index (χ2v) is 6.29. The summed E-state index contributed by atoms with van der Waals surface area (Å²) in [6.45, 7) is 5.22. The van der Waals surface area contributed by atoms with Crippen molar-refractivity contribution in [3.8, 4) is 0 Å². The molecule has 2 nitrogen and oxygen atoms in total. The molecular formula is C13H20ClNOS. The fourth-order valence-electron chi connectivity index (χ4n) is 2.31. The number of hydrogen-bond donors (Lipinski definition) is 1. The second kappa shape index (κ2) is 6.74. The molecule has 2 rings (SSSR count). The van der Waals surface area contributed by atoms with E-state index in [0.29, 0.717) is 5.92 Å². The Bertz CT molecular complexity index is 342. The van der Waals surface area contributed by atoms with E-state index in [1.807, 2.05) is 6.07 Å². The third-order valence-corrected chi connectivity index (χ3v) is 4.45. The first-order valence-corrected chi connectivity index (χ1v) is 7.58. The van der Waals surface area contributed by atoms with Gasteiger partial charge in [0.1, 0.15) is 0 Å². The summed E-state index contributed by atoms with van der Waals surface area (Å²) in [5.74, 6) is 0.588. The maximum absolute atomic E-state index is 6.00. The van der Waals surface area contributed by atoms with Crippen LogP contribution in [0.25, 0.3) is 0 Å². The van der Waals surface area contributed by atoms with Crippen LogP contribution in [0.15, 0.2) is 12.1 Å². The third-order valence-electron chi connectivity index (χ3n) is 3.15. The van der Waals surface area contributed by atoms with Crippen molar-refractivity contribution >= 4 is 22.9 Å². The molecule has 2 atom stereocenters. The molecule has 1 N–H and O–H groups in total. The Morgan fingerprint density at radius 3 is 3.12 bits per heavy atom. The zero-order valence-electron chi connectivity index (χ0n) is 10.2. The van der Waals surface area contributed by atoms with E-state index in [1.54, 1.807) is 11.3 Å². The van der Waals surface area contributed by atoms with Crippen LogP contribution in [0.4, 0.5) is 0 Å². The minimum absolute atomic E-state index is 0.241. The van der Waals surface area contributed by atoms with E-state index in [9.17, 15) is 0 Å². The summed E-state index contributed by atoms with van der Waals surface area (Å²) in [5, 5.41) is 3.50. The summed E-state index contributed by atoms with van der Waals surface area (Å²) in [6, 6.07) is 4.08. The molecule has 0 amide bonds. The van der Waals surface area contributed by atoms with Crippen LogP contribution in [0, 0.1) is 5.92 Å². The minimum Gasteiger partial charge on any atom is -0.372 e. The third kappa shape index (κ3) is 3.68. The first-order chi connectivity index (χ1) is 8.31. The van der Waals surface area contributed by atoms with Crippen molar-refractivity contribution in [3.63, 3.8) is 0 Å². The van der Waals surface area contributed by atoms with Gasteiger partial charge in [-0.05, 0) is 37.9 Å². The zero-order chi connectivity index (χ0) is 12.1. The van der Waals surface area contributed by atoms with Gasteiger partial charge in [0, 0.05) is 23.9 Å². The van der Waals surface area contributed by atoms with E-state index in [2.05, 4.69) is 18.3 Å². The highest BCUT2D eigenvalue weighted by Gasteiger charge is 2.28. The molecule has 0 aromatic carbocycles. The first kappa shape index (κ1) is 13.3. The Kier molecular flexibility index (Phi) is 5.29. The molecule has 1 saturated heterocycles. The van der Waals surface area contributed by atoms with Crippen LogP contribution in [0.2, 0.25) is 4.34 Å². The van der Waals surface area contributed by atoms with E-state index in [-0.39, 0.29) is 6.10 Å². The van der Waals surface area contributed by atoms with Crippen LogP contribution in [-0.2, 0) is 4.74 Å². The normalized spacial score (nSPS) is 25.1. The van der Waals surface area contributed by atoms with Crippen LogP contribution < -0.4 is 5.32 Å². The van der Waals surface area contributed by atoms with Gasteiger partial charge in [0.05, 0.1) is 10.4 Å². The Balaban J connectivity index is 1.96. The van der Waals surface area contributed by atoms with Crippen LogP contribution in [-0.4, -0.2) is 19.7 Å². The predicted octanol–water partition coefficient (Wildman–Crippen LogP) is 3.87. The molecule has 96 valence electrons. The average Bonchev–Trinajstić information content (AvgIpc) is 2.77. The van der Waals surface area contributed by atoms with Gasteiger partial charge in [-0.1, -0.05) is 18.5 Å². The number of thiophene rings is 1. The topological polar surface area (TPSA) is 21.3 Å². The highest BCUT2D eigenvalue weighted by molar-refractivity contribution is 7.16. The van der Waals surface area contributed by atoms with E-state index in [0.717, 1.165) is 24.0 Å². The largest absolute Gasteiger partial charge is 0.372 e. The number of nitrogens with one attached hydrogen (secondary N) is 1. The maximum atomic E-state index is 6.00. The quantitative estimate of drug-likeness (QED) is 0.823. The molecule has 1 aliphatic rings. The summed E-state index contributed by atoms with van der Waals surface area (Å²) < 4.78 is 6.79. The predicted molar refractivity (Wildman–Crippen MR) is 73.9 cm³/mol. The summed E-state index contributed by atoms with van der Waals surface area (Å²) in [4.78, 5) is 1.28. The summed E-state index contributed by atoms with van der Waals surface area (Å²) >= 11 is 7.65. The van der Waals surface area contributed by atoms with Crippen LogP contribution in [0.3, 0.4) is 0 Å². The number of rotatable bonds is 5. The van der Waals surface area contributed by atoms with E-state index < -0.39 is 0 Å². The van der Waals surface area contributed by atoms with Crippen molar-refractivity contribution < 1.29 is 4.74 Å². The standard InChI is InChI=1S/C13H20ClNOS/c1-2-7-15-9-10-4-3-8-16-13(10)11-5-6-12(14)17-11/h5-6,10,13,15H,2-4,7-9H2,1H3. The molecule has 1 aromatic rings. The first-order valence-electron chi connectivity index (χ1n) is 6.39. The highest BCUT2D eigenvalue weighted by Crippen LogP contribution is 2.37. The van der Waals surface area contributed by atoms with Crippen LogP contribution in [0.1, 0.15) is 37.2 Å². The van der Waals surface area contributed by atoms with Crippen molar-refractivity contribution in [2.75, 3.05) is 19.7 Å².